The predicted molar refractivity (Wildman–Crippen MR) is 159 cm³/mol. The molecule has 4 aromatic rings. The molecule has 1 aromatic heterocycles. The van der Waals surface area contributed by atoms with Crippen molar-refractivity contribution in [2.45, 2.75) is 90.7 Å². The second-order valence-electron chi connectivity index (χ2n) is 12.5. The van der Waals surface area contributed by atoms with E-state index >= 15 is 0 Å². The van der Waals surface area contributed by atoms with E-state index in [1.54, 1.807) is 0 Å². The Morgan fingerprint density at radius 2 is 1.85 bits per heavy atom. The molecule has 1 heterocycles. The molecule has 41 heavy (non-hydrogen) atoms. The fourth-order valence-corrected chi connectivity index (χ4v) is 7.13. The Morgan fingerprint density at radius 1 is 1.12 bits per heavy atom. The standard InChI is InChI=1S/C30H38N3O2.C5H5.Fe/c1-20(2)23-11-13-26-24(17-23)12-14-27-29(26,4)15-8-16-30(27,5)28(34)35-19-25-18-33(32-31-25)21(3)22-9-6-7-10-22;1-2-4-5-3-1;/h6-7,9-11,13,17-18,20-21,27H,8,12,14-16,19H2,1-5H3;1-5H;/q2*-1;+2/t21?,27?,29-,30-;;/m1../s1. The number of hydrogen-bond donors (Lipinski definition) is 0. The summed E-state index contributed by atoms with van der Waals surface area (Å²) in [6.45, 7) is 11.3. The van der Waals surface area contributed by atoms with E-state index in [2.05, 4.69) is 75.3 Å². The Kier molecular flexibility index (Phi) is 9.77. The molecule has 2 aliphatic carbocycles. The molecule has 1 saturated carbocycles. The summed E-state index contributed by atoms with van der Waals surface area (Å²) in [4.78, 5) is 13.6. The van der Waals surface area contributed by atoms with Gasteiger partial charge in [0, 0.05) is 6.04 Å². The molecule has 0 bridgehead atoms. The smallest absolute Gasteiger partial charge is 0.459 e. The van der Waals surface area contributed by atoms with Gasteiger partial charge in [-0.25, -0.2) is 24.3 Å². The van der Waals surface area contributed by atoms with E-state index in [-0.39, 0.29) is 47.0 Å². The van der Waals surface area contributed by atoms with Gasteiger partial charge < -0.3 is 4.74 Å². The number of carbonyl (C=O) groups is 1. The number of rotatable bonds is 6. The maximum atomic E-state index is 13.6. The summed E-state index contributed by atoms with van der Waals surface area (Å²) in [5.41, 5.74) is 5.72. The van der Waals surface area contributed by atoms with Crippen LogP contribution in [-0.4, -0.2) is 21.0 Å². The molecule has 3 aromatic carbocycles. The predicted octanol–water partition coefficient (Wildman–Crippen LogP) is 7.89. The molecule has 0 N–H and O–H groups in total. The minimum Gasteiger partial charge on any atom is -0.459 e. The van der Waals surface area contributed by atoms with Crippen molar-refractivity contribution in [1.82, 2.24) is 15.0 Å². The fourth-order valence-electron chi connectivity index (χ4n) is 7.13. The molecular formula is C35H43FeN3O2. The SMILES string of the molecule is CC(C)c1ccc2c(c1)CCC1[C@](C)(C(=O)OCc3cn(C(C)[c-]4cccc4)nn3)CCC[C@]21C.[Fe+2].c1cc[cH-]c1. The van der Waals surface area contributed by atoms with Crippen LogP contribution in [0.4, 0.5) is 0 Å². The molecule has 6 rings (SSSR count). The summed E-state index contributed by atoms with van der Waals surface area (Å²) in [5, 5.41) is 8.55. The van der Waals surface area contributed by atoms with Crippen molar-refractivity contribution in [2.75, 3.05) is 0 Å². The molecule has 0 aliphatic heterocycles. The van der Waals surface area contributed by atoms with Crippen LogP contribution in [0, 0.1) is 11.3 Å². The summed E-state index contributed by atoms with van der Waals surface area (Å²) < 4.78 is 7.77. The summed E-state index contributed by atoms with van der Waals surface area (Å²) in [6, 6.07) is 25.4. The van der Waals surface area contributed by atoms with Crippen LogP contribution in [0.1, 0.15) is 100 Å². The topological polar surface area (TPSA) is 57.0 Å². The Labute approximate surface area is 255 Å². The molecule has 1 fully saturated rings. The molecule has 5 nitrogen and oxygen atoms in total. The minimum atomic E-state index is -0.486. The summed E-state index contributed by atoms with van der Waals surface area (Å²) in [6.07, 6.45) is 7.00. The first-order valence-electron chi connectivity index (χ1n) is 14.8. The van der Waals surface area contributed by atoms with Gasteiger partial charge in [-0.1, -0.05) is 50.6 Å². The third kappa shape index (κ3) is 6.29. The Morgan fingerprint density at radius 3 is 2.51 bits per heavy atom. The summed E-state index contributed by atoms with van der Waals surface area (Å²) in [7, 11) is 0. The van der Waals surface area contributed by atoms with Crippen molar-refractivity contribution in [3.63, 3.8) is 0 Å². The van der Waals surface area contributed by atoms with E-state index in [9.17, 15) is 4.79 Å². The van der Waals surface area contributed by atoms with Gasteiger partial charge >= 0.3 is 23.0 Å². The van der Waals surface area contributed by atoms with Crippen molar-refractivity contribution in [1.29, 1.82) is 0 Å². The molecule has 2 unspecified atom stereocenters. The first-order valence-corrected chi connectivity index (χ1v) is 14.8. The number of aryl methyl sites for hydroxylation is 1. The normalized spacial score (nSPS) is 23.8. The van der Waals surface area contributed by atoms with E-state index in [1.807, 2.05) is 53.3 Å². The van der Waals surface area contributed by atoms with Crippen LogP contribution in [0.3, 0.4) is 0 Å². The summed E-state index contributed by atoms with van der Waals surface area (Å²) in [5.74, 6) is 0.721. The maximum absolute atomic E-state index is 13.6. The number of benzene rings is 1. The van der Waals surface area contributed by atoms with Gasteiger partial charge in [-0.3, -0.25) is 9.48 Å². The number of esters is 1. The van der Waals surface area contributed by atoms with Gasteiger partial charge in [0.2, 0.25) is 0 Å². The Balaban J connectivity index is 0.000000584. The second kappa shape index (κ2) is 12.9. The molecule has 0 saturated heterocycles. The first-order chi connectivity index (χ1) is 19.2. The number of hydrogen-bond acceptors (Lipinski definition) is 4. The number of fused-ring (bicyclic) bond motifs is 3. The van der Waals surface area contributed by atoms with Crippen LogP contribution in [0.2, 0.25) is 0 Å². The van der Waals surface area contributed by atoms with Crippen molar-refractivity contribution in [3.05, 3.63) is 107 Å². The molecule has 0 spiro atoms. The molecule has 6 heteroatoms. The first kappa shape index (κ1) is 31.0. The van der Waals surface area contributed by atoms with E-state index in [0.717, 1.165) is 32.1 Å². The number of aromatic nitrogens is 3. The van der Waals surface area contributed by atoms with Crippen LogP contribution >= 0.6 is 0 Å². The average Bonchev–Trinajstić information content (AvgIpc) is 3.76. The largest absolute Gasteiger partial charge is 2.00 e. The van der Waals surface area contributed by atoms with Crippen molar-refractivity contribution < 1.29 is 26.6 Å². The van der Waals surface area contributed by atoms with Gasteiger partial charge in [0.25, 0.3) is 0 Å². The van der Waals surface area contributed by atoms with Crippen molar-refractivity contribution in [3.8, 4) is 0 Å². The molecule has 0 radical (unpaired) electrons. The minimum absolute atomic E-state index is 0. The molecule has 4 atom stereocenters. The van der Waals surface area contributed by atoms with Gasteiger partial charge in [-0.2, -0.15) is 30.3 Å². The molecule has 2 aliphatic rings. The van der Waals surface area contributed by atoms with Gasteiger partial charge in [-0.15, -0.1) is 10.7 Å². The Bertz CT molecular complexity index is 1370. The van der Waals surface area contributed by atoms with Gasteiger partial charge in [0.05, 0.1) is 11.6 Å². The van der Waals surface area contributed by atoms with Gasteiger partial charge in [0.15, 0.2) is 0 Å². The van der Waals surface area contributed by atoms with Gasteiger partial charge in [-0.05, 0) is 73.5 Å². The Hall–Kier alpha value is -2.95. The second-order valence-corrected chi connectivity index (χ2v) is 12.5. The third-order valence-electron chi connectivity index (χ3n) is 9.54. The van der Waals surface area contributed by atoms with Crippen LogP contribution < -0.4 is 0 Å². The average molecular weight is 594 g/mol. The molecular weight excluding hydrogens is 550 g/mol. The van der Waals surface area contributed by atoms with Crippen LogP contribution in [0.25, 0.3) is 0 Å². The third-order valence-corrected chi connectivity index (χ3v) is 9.54. The van der Waals surface area contributed by atoms with Gasteiger partial charge in [0.1, 0.15) is 12.3 Å². The van der Waals surface area contributed by atoms with Crippen molar-refractivity contribution in [2.24, 2.45) is 11.3 Å². The zero-order valence-electron chi connectivity index (χ0n) is 25.0. The zero-order chi connectivity index (χ0) is 28.3. The van der Waals surface area contributed by atoms with E-state index < -0.39 is 5.41 Å². The van der Waals surface area contributed by atoms with Crippen LogP contribution in [0.5, 0.6) is 0 Å². The number of carbonyl (C=O) groups excluding carboxylic acids is 1. The molecule has 0 amide bonds. The quantitative estimate of drug-likeness (QED) is 0.130. The number of ether oxygens (including phenoxy) is 1. The fraction of sp³-hybridized carbons (Fsp3) is 0.457. The van der Waals surface area contributed by atoms with E-state index in [1.165, 1.54) is 22.3 Å². The van der Waals surface area contributed by atoms with E-state index in [4.69, 9.17) is 4.74 Å². The van der Waals surface area contributed by atoms with Crippen LogP contribution in [0.15, 0.2) is 79.0 Å². The maximum Gasteiger partial charge on any atom is 2.00 e. The van der Waals surface area contributed by atoms with E-state index in [0.29, 0.717) is 11.6 Å². The summed E-state index contributed by atoms with van der Waals surface area (Å²) >= 11 is 0. The number of nitrogens with zero attached hydrogens (tertiary/aromatic N) is 3. The zero-order valence-corrected chi connectivity index (χ0v) is 26.1. The molecule has 218 valence electrons. The van der Waals surface area contributed by atoms with Crippen molar-refractivity contribution >= 4 is 5.97 Å². The monoisotopic (exact) mass is 593 g/mol. The van der Waals surface area contributed by atoms with Crippen LogP contribution in [-0.2, 0) is 45.0 Å².